The molecule has 2 rings (SSSR count). The van der Waals surface area contributed by atoms with Crippen LogP contribution in [0.4, 0.5) is 13.2 Å². The summed E-state index contributed by atoms with van der Waals surface area (Å²) in [4.78, 5) is -0.438. The molecule has 1 aromatic rings. The van der Waals surface area contributed by atoms with Crippen LogP contribution < -0.4 is 5.32 Å². The van der Waals surface area contributed by atoms with Crippen LogP contribution >= 0.6 is 0 Å². The molecule has 1 aliphatic rings. The van der Waals surface area contributed by atoms with Gasteiger partial charge in [-0.25, -0.2) is 8.42 Å². The molecule has 9 heteroatoms. The van der Waals surface area contributed by atoms with E-state index in [2.05, 4.69) is 5.32 Å². The van der Waals surface area contributed by atoms with Crippen molar-refractivity contribution in [2.45, 2.75) is 30.0 Å². The Balaban J connectivity index is 2.47. The highest BCUT2D eigenvalue weighted by Crippen LogP contribution is 2.34. The zero-order valence-corrected chi connectivity index (χ0v) is 13.2. The highest BCUT2D eigenvalue weighted by Gasteiger charge is 2.38. The fraction of sp³-hybridized carbons (Fsp3) is 0.500. The first-order valence-corrected chi connectivity index (χ1v) is 8.43. The third-order valence-electron chi connectivity index (χ3n) is 3.79. The molecule has 0 radical (unpaired) electrons. The van der Waals surface area contributed by atoms with E-state index in [-0.39, 0.29) is 12.6 Å². The van der Waals surface area contributed by atoms with Crippen molar-refractivity contribution >= 4 is 10.0 Å². The molecule has 1 saturated heterocycles. The molecule has 1 N–H and O–H groups in total. The number of alkyl halides is 3. The number of hydrogen-bond acceptors (Lipinski definition) is 4. The Hall–Kier alpha value is -1.63. The number of likely N-dealkylation sites (N-methyl/N-ethyl adjacent to an activating group) is 1. The van der Waals surface area contributed by atoms with Crippen LogP contribution in [0.1, 0.15) is 24.0 Å². The molecule has 0 spiro atoms. The van der Waals surface area contributed by atoms with Gasteiger partial charge in [0.15, 0.2) is 0 Å². The summed E-state index contributed by atoms with van der Waals surface area (Å²) >= 11 is 0. The molecular weight excluding hydrogens is 331 g/mol. The first-order chi connectivity index (χ1) is 10.7. The van der Waals surface area contributed by atoms with Crippen molar-refractivity contribution < 1.29 is 21.6 Å². The minimum atomic E-state index is -4.79. The molecule has 0 amide bonds. The van der Waals surface area contributed by atoms with Crippen LogP contribution in [0.5, 0.6) is 0 Å². The van der Waals surface area contributed by atoms with E-state index in [0.717, 1.165) is 12.1 Å². The van der Waals surface area contributed by atoms with Gasteiger partial charge >= 0.3 is 6.18 Å². The van der Waals surface area contributed by atoms with Gasteiger partial charge in [0.1, 0.15) is 0 Å². The molecule has 1 atom stereocenters. The smallest absolute Gasteiger partial charge is 0.318 e. The lowest BCUT2D eigenvalue weighted by Crippen LogP contribution is -2.40. The van der Waals surface area contributed by atoms with Gasteiger partial charge < -0.3 is 5.32 Å². The molecule has 126 valence electrons. The maximum atomic E-state index is 13.0. The van der Waals surface area contributed by atoms with E-state index in [4.69, 9.17) is 5.26 Å². The van der Waals surface area contributed by atoms with Gasteiger partial charge in [0.05, 0.1) is 22.1 Å². The van der Waals surface area contributed by atoms with Crippen LogP contribution in [-0.2, 0) is 16.2 Å². The Labute approximate surface area is 132 Å². The molecule has 0 aliphatic carbocycles. The van der Waals surface area contributed by atoms with E-state index in [0.29, 0.717) is 25.5 Å². The fourth-order valence-electron chi connectivity index (χ4n) is 2.72. The van der Waals surface area contributed by atoms with Crippen molar-refractivity contribution in [1.29, 1.82) is 5.26 Å². The predicted octanol–water partition coefficient (Wildman–Crippen LogP) is 1.95. The standard InChI is InChI=1S/C14H16F3N3O2S/c1-19-9-11-3-2-6-20(11)23(21,22)12-5-4-10(8-18)13(7-12)14(15,16)17/h4-5,7,11,19H,2-3,6,9H2,1H3. The summed E-state index contributed by atoms with van der Waals surface area (Å²) in [6.07, 6.45) is -3.47. The number of nitrogens with zero attached hydrogens (tertiary/aromatic N) is 2. The molecule has 23 heavy (non-hydrogen) atoms. The normalized spacial score (nSPS) is 19.7. The van der Waals surface area contributed by atoms with E-state index in [1.807, 2.05) is 0 Å². The van der Waals surface area contributed by atoms with E-state index in [9.17, 15) is 21.6 Å². The van der Waals surface area contributed by atoms with Crippen LogP contribution in [0.25, 0.3) is 0 Å². The molecule has 1 unspecified atom stereocenters. The molecule has 0 bridgehead atoms. The molecule has 1 aromatic carbocycles. The number of sulfonamides is 1. The first kappa shape index (κ1) is 17.7. The summed E-state index contributed by atoms with van der Waals surface area (Å²) in [5.74, 6) is 0. The van der Waals surface area contributed by atoms with Crippen LogP contribution in [0.2, 0.25) is 0 Å². The summed E-state index contributed by atoms with van der Waals surface area (Å²) in [7, 11) is -2.35. The van der Waals surface area contributed by atoms with Crippen molar-refractivity contribution in [3.05, 3.63) is 29.3 Å². The number of hydrogen-bond donors (Lipinski definition) is 1. The molecule has 0 aromatic heterocycles. The Morgan fingerprint density at radius 2 is 2.13 bits per heavy atom. The summed E-state index contributed by atoms with van der Waals surface area (Å²) in [6, 6.07) is 3.66. The van der Waals surface area contributed by atoms with Gasteiger partial charge in [0.25, 0.3) is 0 Å². The molecule has 1 heterocycles. The maximum absolute atomic E-state index is 13.0. The topological polar surface area (TPSA) is 73.2 Å². The lowest BCUT2D eigenvalue weighted by molar-refractivity contribution is -0.137. The number of rotatable bonds is 4. The van der Waals surface area contributed by atoms with Gasteiger partial charge in [-0.3, -0.25) is 0 Å². The number of nitriles is 1. The largest absolute Gasteiger partial charge is 0.417 e. The van der Waals surface area contributed by atoms with Gasteiger partial charge in [-0.15, -0.1) is 0 Å². The Kier molecular flexibility index (Phi) is 4.98. The number of benzene rings is 1. The van der Waals surface area contributed by atoms with Crippen LogP contribution in [-0.4, -0.2) is 38.9 Å². The third kappa shape index (κ3) is 3.49. The third-order valence-corrected chi connectivity index (χ3v) is 5.73. The van der Waals surface area contributed by atoms with Crippen LogP contribution in [0.15, 0.2) is 23.1 Å². The summed E-state index contributed by atoms with van der Waals surface area (Å²) in [5, 5.41) is 11.7. The predicted molar refractivity (Wildman–Crippen MR) is 77.0 cm³/mol. The Morgan fingerprint density at radius 1 is 1.43 bits per heavy atom. The van der Waals surface area contributed by atoms with Gasteiger partial charge in [0.2, 0.25) is 10.0 Å². The molecular formula is C14H16F3N3O2S. The minimum absolute atomic E-state index is 0.274. The van der Waals surface area contributed by atoms with Crippen molar-refractivity contribution in [1.82, 2.24) is 9.62 Å². The number of nitrogens with one attached hydrogen (secondary N) is 1. The van der Waals surface area contributed by atoms with Crippen molar-refractivity contribution in [3.8, 4) is 6.07 Å². The number of halogens is 3. The zero-order chi connectivity index (χ0) is 17.3. The van der Waals surface area contributed by atoms with Crippen molar-refractivity contribution in [3.63, 3.8) is 0 Å². The van der Waals surface area contributed by atoms with Gasteiger partial charge in [0, 0.05) is 19.1 Å². The second kappa shape index (κ2) is 6.47. The van der Waals surface area contributed by atoms with E-state index < -0.39 is 32.2 Å². The maximum Gasteiger partial charge on any atom is 0.417 e. The average molecular weight is 347 g/mol. The summed E-state index contributed by atoms with van der Waals surface area (Å²) in [6.45, 7) is 0.706. The second-order valence-corrected chi connectivity index (χ2v) is 7.18. The minimum Gasteiger partial charge on any atom is -0.318 e. The lowest BCUT2D eigenvalue weighted by Gasteiger charge is -2.24. The Morgan fingerprint density at radius 3 is 2.70 bits per heavy atom. The van der Waals surface area contributed by atoms with Crippen molar-refractivity contribution in [2.75, 3.05) is 20.1 Å². The molecule has 1 aliphatic heterocycles. The van der Waals surface area contributed by atoms with Gasteiger partial charge in [-0.2, -0.15) is 22.7 Å². The quantitative estimate of drug-likeness (QED) is 0.904. The summed E-state index contributed by atoms with van der Waals surface area (Å²) < 4.78 is 65.5. The van der Waals surface area contributed by atoms with Crippen LogP contribution in [0.3, 0.4) is 0 Å². The Bertz CT molecular complexity index is 726. The van der Waals surface area contributed by atoms with E-state index >= 15 is 0 Å². The average Bonchev–Trinajstić information content (AvgIpc) is 2.95. The van der Waals surface area contributed by atoms with E-state index in [1.54, 1.807) is 7.05 Å². The SMILES string of the molecule is CNCC1CCCN1S(=O)(=O)c1ccc(C#N)c(C(F)(F)F)c1. The molecule has 0 saturated carbocycles. The highest BCUT2D eigenvalue weighted by molar-refractivity contribution is 7.89. The fourth-order valence-corrected chi connectivity index (χ4v) is 4.44. The lowest BCUT2D eigenvalue weighted by atomic mass is 10.1. The van der Waals surface area contributed by atoms with Crippen LogP contribution in [0, 0.1) is 11.3 Å². The highest BCUT2D eigenvalue weighted by atomic mass is 32.2. The molecule has 5 nitrogen and oxygen atoms in total. The first-order valence-electron chi connectivity index (χ1n) is 6.99. The van der Waals surface area contributed by atoms with Gasteiger partial charge in [-0.05, 0) is 38.1 Å². The second-order valence-electron chi connectivity index (χ2n) is 5.29. The molecule has 1 fully saturated rings. The zero-order valence-electron chi connectivity index (χ0n) is 12.4. The van der Waals surface area contributed by atoms with Gasteiger partial charge in [-0.1, -0.05) is 0 Å². The monoisotopic (exact) mass is 347 g/mol. The van der Waals surface area contributed by atoms with E-state index in [1.165, 1.54) is 10.4 Å². The van der Waals surface area contributed by atoms with Crippen molar-refractivity contribution in [2.24, 2.45) is 0 Å². The summed E-state index contributed by atoms with van der Waals surface area (Å²) in [5.41, 5.74) is -1.82.